The van der Waals surface area contributed by atoms with Crippen molar-refractivity contribution < 1.29 is 26.6 Å². The molecule has 0 spiro atoms. The molecular weight excluding hydrogens is 331 g/mol. The fourth-order valence-electron chi connectivity index (χ4n) is 0.892. The summed E-state index contributed by atoms with van der Waals surface area (Å²) in [5.41, 5.74) is 0. The lowest BCUT2D eigenvalue weighted by molar-refractivity contribution is 0.0943. The molecule has 0 aliphatic rings. The molecule has 19 heavy (non-hydrogen) atoms. The van der Waals surface area contributed by atoms with E-state index in [2.05, 4.69) is 0 Å². The van der Waals surface area contributed by atoms with E-state index in [4.69, 9.17) is 48.7 Å². The van der Waals surface area contributed by atoms with Crippen molar-refractivity contribution >= 4 is 38.4 Å². The number of halogens is 2. The van der Waals surface area contributed by atoms with E-state index < -0.39 is 16.2 Å². The van der Waals surface area contributed by atoms with Gasteiger partial charge in [0.25, 0.3) is 0 Å². The van der Waals surface area contributed by atoms with Gasteiger partial charge in [-0.15, -0.1) is 0 Å². The minimum Gasteiger partial charge on any atom is -0.365 e. The summed E-state index contributed by atoms with van der Waals surface area (Å²) >= 11 is 11.5. The summed E-state index contributed by atoms with van der Waals surface area (Å²) in [6.07, 6.45) is 0. The third-order valence-corrected chi connectivity index (χ3v) is 7.42. The van der Waals surface area contributed by atoms with Gasteiger partial charge >= 0.3 is 16.2 Å². The molecule has 0 fully saturated rings. The average Bonchev–Trinajstić information content (AvgIpc) is 2.39. The van der Waals surface area contributed by atoms with Gasteiger partial charge in [0.2, 0.25) is 0 Å². The highest BCUT2D eigenvalue weighted by molar-refractivity contribution is 7.09. The molecule has 0 aromatic carbocycles. The van der Waals surface area contributed by atoms with Crippen LogP contribution < -0.4 is 0 Å². The minimum absolute atomic E-state index is 0.524. The van der Waals surface area contributed by atoms with Gasteiger partial charge in [0, 0.05) is 41.2 Å². The summed E-state index contributed by atoms with van der Waals surface area (Å²) in [5.74, 6) is 0. The van der Waals surface area contributed by atoms with Gasteiger partial charge in [0.15, 0.2) is 0 Å². The van der Waals surface area contributed by atoms with E-state index in [1.807, 2.05) is 20.8 Å². The molecule has 0 saturated heterocycles. The molecule has 0 unspecified atom stereocenters. The van der Waals surface area contributed by atoms with Crippen LogP contribution in [0.5, 0.6) is 0 Å². The Balaban J connectivity index is 0. The molecule has 118 valence electrons. The van der Waals surface area contributed by atoms with E-state index >= 15 is 0 Å². The van der Waals surface area contributed by atoms with Crippen LogP contribution >= 0.6 is 22.2 Å². The molecule has 0 atom stereocenters. The van der Waals surface area contributed by atoms with Gasteiger partial charge in [-0.25, -0.2) is 0 Å². The quantitative estimate of drug-likeness (QED) is 0.468. The number of hydrogen-bond acceptors (Lipinski definition) is 6. The lowest BCUT2D eigenvalue weighted by Crippen LogP contribution is -2.40. The molecule has 0 heterocycles. The lowest BCUT2D eigenvalue weighted by Gasteiger charge is -2.20. The van der Waals surface area contributed by atoms with Gasteiger partial charge in [0.05, 0.1) is 0 Å². The maximum absolute atomic E-state index is 5.91. The van der Waals surface area contributed by atoms with Gasteiger partial charge in [-0.2, -0.15) is 0 Å². The first kappa shape index (κ1) is 22.1. The van der Waals surface area contributed by atoms with Crippen molar-refractivity contribution in [3.8, 4) is 0 Å². The summed E-state index contributed by atoms with van der Waals surface area (Å²) in [6.45, 7) is 7.16. The maximum atomic E-state index is 5.91. The highest BCUT2D eigenvalue weighted by Gasteiger charge is 2.38. The van der Waals surface area contributed by atoms with Crippen molar-refractivity contribution in [3.63, 3.8) is 0 Å². The van der Waals surface area contributed by atoms with Crippen LogP contribution in [0.25, 0.3) is 0 Å². The van der Waals surface area contributed by atoms with E-state index in [1.165, 1.54) is 21.3 Å². The van der Waals surface area contributed by atoms with Crippen LogP contribution in [0.1, 0.15) is 20.8 Å². The van der Waals surface area contributed by atoms with Crippen molar-refractivity contribution in [2.75, 3.05) is 41.2 Å². The summed E-state index contributed by atoms with van der Waals surface area (Å²) < 4.78 is 29.6. The Hall–Kier alpha value is 0.774. The van der Waals surface area contributed by atoms with Crippen LogP contribution in [0.4, 0.5) is 0 Å². The second-order valence-electron chi connectivity index (χ2n) is 2.87. The second kappa shape index (κ2) is 12.5. The third kappa shape index (κ3) is 11.1. The van der Waals surface area contributed by atoms with Crippen LogP contribution in [0.3, 0.4) is 0 Å². The van der Waals surface area contributed by atoms with Crippen molar-refractivity contribution in [2.24, 2.45) is 0 Å². The van der Waals surface area contributed by atoms with E-state index in [-0.39, 0.29) is 0 Å². The monoisotopic (exact) mass is 354 g/mol. The molecule has 0 radical (unpaired) electrons. The third-order valence-electron chi connectivity index (χ3n) is 1.68. The summed E-state index contributed by atoms with van der Waals surface area (Å²) in [7, 11) is -1.12. The SMILES string of the molecule is CCO[Si](Cl)(OCC)OCC.CO[Si](Cl)(OC)OC. The molecule has 0 aliphatic heterocycles. The van der Waals surface area contributed by atoms with Crippen molar-refractivity contribution in [2.45, 2.75) is 20.8 Å². The average molecular weight is 355 g/mol. The Kier molecular flexibility index (Phi) is 14.5. The fourth-order valence-corrected chi connectivity index (χ4v) is 3.66. The molecule has 0 bridgehead atoms. The summed E-state index contributed by atoms with van der Waals surface area (Å²) in [6, 6.07) is 0. The van der Waals surface area contributed by atoms with Crippen LogP contribution in [-0.4, -0.2) is 57.4 Å². The van der Waals surface area contributed by atoms with Gasteiger partial charge in [-0.05, 0) is 20.8 Å². The zero-order valence-electron chi connectivity index (χ0n) is 12.3. The van der Waals surface area contributed by atoms with E-state index in [0.29, 0.717) is 19.8 Å². The molecule has 10 heteroatoms. The normalized spacial score (nSPS) is 12.0. The second-order valence-corrected chi connectivity index (χ2v) is 9.67. The Morgan fingerprint density at radius 1 is 0.632 bits per heavy atom. The van der Waals surface area contributed by atoms with Crippen LogP contribution in [0.2, 0.25) is 0 Å². The predicted octanol–water partition coefficient (Wildman–Crippen LogP) is 2.37. The van der Waals surface area contributed by atoms with Crippen molar-refractivity contribution in [1.29, 1.82) is 0 Å². The van der Waals surface area contributed by atoms with Gasteiger partial charge in [-0.3, -0.25) is 0 Å². The Morgan fingerprint density at radius 3 is 1.00 bits per heavy atom. The van der Waals surface area contributed by atoms with E-state index in [1.54, 1.807) is 0 Å². The van der Waals surface area contributed by atoms with Crippen molar-refractivity contribution in [1.82, 2.24) is 0 Å². The Labute approximate surface area is 127 Å². The molecule has 0 aromatic heterocycles. The molecule has 0 saturated carbocycles. The first-order valence-electron chi connectivity index (χ1n) is 5.81. The molecular formula is C9H24Cl2O6Si2. The molecule has 0 aromatic rings. The van der Waals surface area contributed by atoms with E-state index in [9.17, 15) is 0 Å². The minimum atomic E-state index is -2.78. The first-order chi connectivity index (χ1) is 8.86. The van der Waals surface area contributed by atoms with Gasteiger partial charge < -0.3 is 26.6 Å². The van der Waals surface area contributed by atoms with Crippen LogP contribution in [0.15, 0.2) is 0 Å². The Bertz CT molecular complexity index is 184. The molecule has 0 amide bonds. The topological polar surface area (TPSA) is 55.4 Å². The standard InChI is InChI=1S/C6H15ClO3Si.C3H9ClO3Si/c1-4-8-11(7,9-5-2)10-6-3;1-5-8(4,6-2)7-3/h4-6H2,1-3H3;1-3H3. The van der Waals surface area contributed by atoms with Crippen molar-refractivity contribution in [3.05, 3.63) is 0 Å². The van der Waals surface area contributed by atoms with Gasteiger partial charge in [-0.1, -0.05) is 22.2 Å². The van der Waals surface area contributed by atoms with E-state index in [0.717, 1.165) is 0 Å². The predicted molar refractivity (Wildman–Crippen MR) is 79.1 cm³/mol. The zero-order chi connectivity index (χ0) is 15.4. The zero-order valence-corrected chi connectivity index (χ0v) is 15.8. The maximum Gasteiger partial charge on any atom is 0.613 e. The summed E-state index contributed by atoms with van der Waals surface area (Å²) in [4.78, 5) is 0. The number of rotatable bonds is 9. The molecule has 0 N–H and O–H groups in total. The first-order valence-corrected chi connectivity index (χ1v) is 11.3. The van der Waals surface area contributed by atoms with Gasteiger partial charge in [0.1, 0.15) is 0 Å². The fraction of sp³-hybridized carbons (Fsp3) is 1.00. The van der Waals surface area contributed by atoms with Crippen LogP contribution in [0, 0.1) is 0 Å². The largest absolute Gasteiger partial charge is 0.613 e. The lowest BCUT2D eigenvalue weighted by atomic mass is 10.9. The molecule has 0 rings (SSSR count). The summed E-state index contributed by atoms with van der Waals surface area (Å²) in [5, 5.41) is 0. The van der Waals surface area contributed by atoms with Crippen LogP contribution in [-0.2, 0) is 26.6 Å². The molecule has 0 aliphatic carbocycles. The highest BCUT2D eigenvalue weighted by Crippen LogP contribution is 2.14. The number of hydrogen-bond donors (Lipinski definition) is 0. The Morgan fingerprint density at radius 2 is 0.895 bits per heavy atom. The molecule has 6 nitrogen and oxygen atoms in total. The highest BCUT2D eigenvalue weighted by atomic mass is 35.6. The smallest absolute Gasteiger partial charge is 0.365 e.